The topological polar surface area (TPSA) is 74.4 Å². The van der Waals surface area contributed by atoms with Crippen molar-refractivity contribution in [3.05, 3.63) is 29.0 Å². The van der Waals surface area contributed by atoms with E-state index in [0.717, 1.165) is 43.3 Å². The zero-order valence-electron chi connectivity index (χ0n) is 20.2. The van der Waals surface area contributed by atoms with E-state index < -0.39 is 5.60 Å². The van der Waals surface area contributed by atoms with Crippen LogP contribution in [0.3, 0.4) is 0 Å². The standard InChI is InChI=1S/C27H33N3O3/c1-14-8-9-30-13-26-10-16-15-6-7-18-20(17(31)11-24(2,3)33-18)21(15)28-22(16)25(4,5)19(26)12-27(14,30)23(32)29-26/h6-7,14,19,28H,8-13H2,1-5H3,(H,29,32)/t14-,19-,26-,27+/m0/s1. The van der Waals surface area contributed by atoms with Crippen molar-refractivity contribution in [2.45, 2.75) is 82.4 Å². The molecule has 2 N–H and O–H groups in total. The van der Waals surface area contributed by atoms with Crippen LogP contribution >= 0.6 is 0 Å². The van der Waals surface area contributed by atoms with E-state index in [2.05, 4.69) is 42.0 Å². The molecule has 174 valence electrons. The Morgan fingerprint density at radius 2 is 1.91 bits per heavy atom. The Bertz CT molecular complexity index is 1270. The van der Waals surface area contributed by atoms with Gasteiger partial charge in [-0.15, -0.1) is 0 Å². The zero-order chi connectivity index (χ0) is 23.1. The molecule has 0 saturated carbocycles. The van der Waals surface area contributed by atoms with Crippen molar-refractivity contribution >= 4 is 22.6 Å². The molecule has 33 heavy (non-hydrogen) atoms. The normalized spacial score (nSPS) is 37.7. The van der Waals surface area contributed by atoms with Gasteiger partial charge in [-0.25, -0.2) is 0 Å². The first-order valence-electron chi connectivity index (χ1n) is 12.5. The van der Waals surface area contributed by atoms with Gasteiger partial charge in [0.05, 0.1) is 23.0 Å². The highest BCUT2D eigenvalue weighted by molar-refractivity contribution is 6.11. The van der Waals surface area contributed by atoms with Gasteiger partial charge < -0.3 is 15.0 Å². The van der Waals surface area contributed by atoms with Crippen LogP contribution in [0.1, 0.15) is 75.5 Å². The molecule has 4 saturated heterocycles. The number of benzene rings is 1. The van der Waals surface area contributed by atoms with Gasteiger partial charge in [0.2, 0.25) is 5.91 Å². The van der Waals surface area contributed by atoms with Gasteiger partial charge in [-0.2, -0.15) is 0 Å². The average molecular weight is 448 g/mol. The number of carbonyl (C=O) groups excluding carboxylic acids is 2. The summed E-state index contributed by atoms with van der Waals surface area (Å²) in [5, 5.41) is 4.68. The van der Waals surface area contributed by atoms with E-state index in [0.29, 0.717) is 29.6 Å². The van der Waals surface area contributed by atoms with Crippen molar-refractivity contribution in [2.75, 3.05) is 13.1 Å². The van der Waals surface area contributed by atoms with Crippen molar-refractivity contribution < 1.29 is 14.3 Å². The molecule has 2 spiro atoms. The number of ether oxygens (including phenoxy) is 1. The van der Waals surface area contributed by atoms with Crippen LogP contribution < -0.4 is 10.1 Å². The molecule has 1 aliphatic carbocycles. The number of piperazine rings is 1. The van der Waals surface area contributed by atoms with E-state index in [9.17, 15) is 9.59 Å². The molecule has 4 atom stereocenters. The van der Waals surface area contributed by atoms with Crippen molar-refractivity contribution in [1.82, 2.24) is 15.2 Å². The molecule has 6 heterocycles. The van der Waals surface area contributed by atoms with E-state index in [1.807, 2.05) is 19.9 Å². The van der Waals surface area contributed by atoms with Gasteiger partial charge in [0, 0.05) is 23.0 Å². The summed E-state index contributed by atoms with van der Waals surface area (Å²) in [7, 11) is 0. The minimum atomic E-state index is -0.484. The van der Waals surface area contributed by atoms with Crippen molar-refractivity contribution in [3.63, 3.8) is 0 Å². The van der Waals surface area contributed by atoms with Gasteiger partial charge in [0.15, 0.2) is 5.78 Å². The Balaban J connectivity index is 1.43. The number of amides is 1. The van der Waals surface area contributed by atoms with Crippen LogP contribution in [0.2, 0.25) is 0 Å². The highest BCUT2D eigenvalue weighted by Crippen LogP contribution is 2.60. The van der Waals surface area contributed by atoms with Gasteiger partial charge >= 0.3 is 0 Å². The van der Waals surface area contributed by atoms with Crippen molar-refractivity contribution in [1.29, 1.82) is 0 Å². The van der Waals surface area contributed by atoms with E-state index >= 15 is 0 Å². The van der Waals surface area contributed by atoms with Crippen LogP contribution in [-0.4, -0.2) is 51.3 Å². The third kappa shape index (κ3) is 2.20. The number of nitrogens with one attached hydrogen (secondary N) is 2. The summed E-state index contributed by atoms with van der Waals surface area (Å²) in [6.45, 7) is 12.8. The van der Waals surface area contributed by atoms with Crippen LogP contribution in [0.5, 0.6) is 5.75 Å². The fourth-order valence-electron chi connectivity index (χ4n) is 8.39. The number of hydrogen-bond donors (Lipinski definition) is 2. The molecule has 2 aromatic rings. The first-order chi connectivity index (χ1) is 15.5. The zero-order valence-corrected chi connectivity index (χ0v) is 20.2. The number of piperidine rings is 2. The smallest absolute Gasteiger partial charge is 0.241 e. The number of rotatable bonds is 0. The predicted molar refractivity (Wildman–Crippen MR) is 126 cm³/mol. The Kier molecular flexibility index (Phi) is 3.44. The number of nitrogens with zero attached hydrogens (tertiary/aromatic N) is 1. The lowest BCUT2D eigenvalue weighted by atomic mass is 9.51. The number of aromatic amines is 1. The number of hydrogen-bond acceptors (Lipinski definition) is 4. The largest absolute Gasteiger partial charge is 0.487 e. The third-order valence-corrected chi connectivity index (χ3v) is 9.93. The van der Waals surface area contributed by atoms with Gasteiger partial charge in [-0.3, -0.25) is 14.5 Å². The summed E-state index contributed by atoms with van der Waals surface area (Å²) in [6.07, 6.45) is 3.19. The maximum Gasteiger partial charge on any atom is 0.241 e. The summed E-state index contributed by atoms with van der Waals surface area (Å²) in [6, 6.07) is 4.08. The van der Waals surface area contributed by atoms with Crippen LogP contribution in [0, 0.1) is 11.8 Å². The molecule has 8 rings (SSSR count). The molecule has 1 aromatic carbocycles. The lowest BCUT2D eigenvalue weighted by Crippen LogP contribution is -2.83. The highest BCUT2D eigenvalue weighted by atomic mass is 16.5. The number of ketones is 1. The van der Waals surface area contributed by atoms with Gasteiger partial charge in [-0.05, 0) is 69.2 Å². The van der Waals surface area contributed by atoms with E-state index in [4.69, 9.17) is 4.74 Å². The van der Waals surface area contributed by atoms with E-state index in [-0.39, 0.29) is 28.2 Å². The number of H-pyrrole nitrogens is 1. The first-order valence-corrected chi connectivity index (χ1v) is 12.5. The molecule has 6 aliphatic rings. The van der Waals surface area contributed by atoms with Crippen LogP contribution in [0.4, 0.5) is 0 Å². The molecular weight excluding hydrogens is 414 g/mol. The van der Waals surface area contributed by atoms with Crippen LogP contribution in [0.25, 0.3) is 10.9 Å². The van der Waals surface area contributed by atoms with Crippen LogP contribution in [0.15, 0.2) is 12.1 Å². The summed E-state index contributed by atoms with van der Waals surface area (Å²) < 4.78 is 6.19. The fourth-order valence-corrected chi connectivity index (χ4v) is 8.39. The Hall–Kier alpha value is -2.34. The average Bonchev–Trinajstić information content (AvgIpc) is 3.24. The monoisotopic (exact) mass is 447 g/mol. The maximum absolute atomic E-state index is 13.5. The summed E-state index contributed by atoms with van der Waals surface area (Å²) in [5.41, 5.74) is 2.85. The molecule has 1 amide bonds. The molecular formula is C27H33N3O3. The van der Waals surface area contributed by atoms with E-state index in [1.54, 1.807) is 0 Å². The molecule has 1 aromatic heterocycles. The molecule has 6 heteroatoms. The number of aromatic nitrogens is 1. The number of carbonyl (C=O) groups is 2. The van der Waals surface area contributed by atoms with Crippen molar-refractivity contribution in [3.8, 4) is 5.75 Å². The number of Topliss-reactive ketones (excluding diaryl/α,β-unsaturated/α-hetero) is 1. The van der Waals surface area contributed by atoms with Gasteiger partial charge in [0.1, 0.15) is 16.9 Å². The summed E-state index contributed by atoms with van der Waals surface area (Å²) >= 11 is 0. The molecule has 0 unspecified atom stereocenters. The fraction of sp³-hybridized carbons (Fsp3) is 0.630. The van der Waals surface area contributed by atoms with E-state index in [1.165, 1.54) is 11.3 Å². The quantitative estimate of drug-likeness (QED) is 0.646. The first kappa shape index (κ1) is 20.1. The summed E-state index contributed by atoms with van der Waals surface area (Å²) in [5.74, 6) is 1.78. The minimum Gasteiger partial charge on any atom is -0.487 e. The van der Waals surface area contributed by atoms with Crippen molar-refractivity contribution in [2.24, 2.45) is 11.8 Å². The SMILES string of the molecule is C[C@H]1CCN2C[C@@]34Cc5c([nH]c6c7c(ccc56)OC(C)(C)CC7=O)C(C)(C)[C@@H]3C[C@]12C(=O)N4. The van der Waals surface area contributed by atoms with Gasteiger partial charge in [0.25, 0.3) is 0 Å². The summed E-state index contributed by atoms with van der Waals surface area (Å²) in [4.78, 5) is 33.0. The predicted octanol–water partition coefficient (Wildman–Crippen LogP) is 3.71. The second kappa shape index (κ2) is 5.65. The molecule has 4 fully saturated rings. The highest BCUT2D eigenvalue weighted by Gasteiger charge is 2.70. The maximum atomic E-state index is 13.5. The molecule has 0 radical (unpaired) electrons. The van der Waals surface area contributed by atoms with Crippen LogP contribution in [-0.2, 0) is 16.6 Å². The Morgan fingerprint density at radius 1 is 1.12 bits per heavy atom. The molecule has 5 aliphatic heterocycles. The lowest BCUT2D eigenvalue weighted by molar-refractivity contribution is -0.164. The second-order valence-electron chi connectivity index (χ2n) is 12.6. The van der Waals surface area contributed by atoms with Gasteiger partial charge in [-0.1, -0.05) is 20.8 Å². The third-order valence-electron chi connectivity index (χ3n) is 9.93. The minimum absolute atomic E-state index is 0.140. The Morgan fingerprint density at radius 3 is 2.70 bits per heavy atom. The number of fused-ring (bicyclic) bond motifs is 6. The lowest BCUT2D eigenvalue weighted by Gasteiger charge is -2.66. The molecule has 2 bridgehead atoms. The Labute approximate surface area is 194 Å². The second-order valence-corrected chi connectivity index (χ2v) is 12.6. The molecule has 6 nitrogen and oxygen atoms in total.